The van der Waals surface area contributed by atoms with E-state index in [0.29, 0.717) is 0 Å². The predicted octanol–water partition coefficient (Wildman–Crippen LogP) is 9.05. The highest BCUT2D eigenvalue weighted by molar-refractivity contribution is 5.72. The fourth-order valence-corrected chi connectivity index (χ4v) is 4.15. The molecule has 0 heteroatoms. The predicted molar refractivity (Wildman–Crippen MR) is 122 cm³/mol. The standard InChI is InChI=1S/C27H42/c1-2-3-4-5-6-7-8-9-10-11-12-13-14-15-16-17-20-25-23-24-26-21-18-19-22-27(25)26/h9-10,18-19,21-23H,2-8,11-17,20,24H2,1H3/b10-9-. The van der Waals surface area contributed by atoms with E-state index in [-0.39, 0.29) is 0 Å². The number of allylic oxidation sites excluding steroid dienone is 4. The highest BCUT2D eigenvalue weighted by atomic mass is 14.2. The van der Waals surface area contributed by atoms with Gasteiger partial charge in [-0.3, -0.25) is 0 Å². The van der Waals surface area contributed by atoms with Crippen molar-refractivity contribution in [3.8, 4) is 0 Å². The number of unbranched alkanes of at least 4 members (excludes halogenated alkanes) is 12. The average Bonchev–Trinajstić information content (AvgIpc) is 3.11. The molecule has 0 amide bonds. The SMILES string of the molecule is CCCCCCCC/C=C\CCCCCCCCC1=CCc2ccccc21. The topological polar surface area (TPSA) is 0 Å². The van der Waals surface area contributed by atoms with Gasteiger partial charge in [0.05, 0.1) is 0 Å². The first kappa shape index (κ1) is 22.0. The van der Waals surface area contributed by atoms with Crippen molar-refractivity contribution in [2.45, 2.75) is 110 Å². The Labute approximate surface area is 169 Å². The van der Waals surface area contributed by atoms with Gasteiger partial charge in [-0.25, -0.2) is 0 Å². The van der Waals surface area contributed by atoms with Crippen LogP contribution in [0.3, 0.4) is 0 Å². The molecule has 0 saturated heterocycles. The van der Waals surface area contributed by atoms with Gasteiger partial charge in [0.25, 0.3) is 0 Å². The van der Waals surface area contributed by atoms with E-state index in [1.54, 1.807) is 5.57 Å². The fourth-order valence-electron chi connectivity index (χ4n) is 4.15. The van der Waals surface area contributed by atoms with Crippen LogP contribution in [0.15, 0.2) is 42.5 Å². The molecule has 0 unspecified atom stereocenters. The third-order valence-electron chi connectivity index (χ3n) is 5.89. The fraction of sp³-hybridized carbons (Fsp3) is 0.630. The molecule has 0 heterocycles. The Morgan fingerprint density at radius 1 is 0.704 bits per heavy atom. The van der Waals surface area contributed by atoms with Gasteiger partial charge in [0.1, 0.15) is 0 Å². The Bertz CT molecular complexity index is 549. The number of hydrogen-bond donors (Lipinski definition) is 0. The molecule has 0 bridgehead atoms. The highest BCUT2D eigenvalue weighted by Gasteiger charge is 2.12. The van der Waals surface area contributed by atoms with Gasteiger partial charge < -0.3 is 0 Å². The van der Waals surface area contributed by atoms with Crippen molar-refractivity contribution < 1.29 is 0 Å². The third kappa shape index (κ3) is 9.45. The number of benzene rings is 1. The Morgan fingerprint density at radius 3 is 2.00 bits per heavy atom. The van der Waals surface area contributed by atoms with Gasteiger partial charge in [-0.1, -0.05) is 107 Å². The van der Waals surface area contributed by atoms with Crippen molar-refractivity contribution in [3.05, 3.63) is 53.6 Å². The molecule has 0 fully saturated rings. The van der Waals surface area contributed by atoms with Gasteiger partial charge in [-0.05, 0) is 61.6 Å². The molecule has 0 radical (unpaired) electrons. The minimum atomic E-state index is 1.15. The Morgan fingerprint density at radius 2 is 1.30 bits per heavy atom. The molecule has 2 rings (SSSR count). The van der Waals surface area contributed by atoms with Gasteiger partial charge >= 0.3 is 0 Å². The molecule has 0 saturated carbocycles. The summed E-state index contributed by atoms with van der Waals surface area (Å²) in [6, 6.07) is 8.93. The summed E-state index contributed by atoms with van der Waals surface area (Å²) in [5.74, 6) is 0. The largest absolute Gasteiger partial charge is 0.0885 e. The van der Waals surface area contributed by atoms with Crippen LogP contribution in [-0.4, -0.2) is 0 Å². The monoisotopic (exact) mass is 366 g/mol. The van der Waals surface area contributed by atoms with Gasteiger partial charge in [0.15, 0.2) is 0 Å². The van der Waals surface area contributed by atoms with Crippen molar-refractivity contribution in [1.82, 2.24) is 0 Å². The van der Waals surface area contributed by atoms with Crippen LogP contribution in [-0.2, 0) is 6.42 Å². The summed E-state index contributed by atoms with van der Waals surface area (Å²) in [4.78, 5) is 0. The van der Waals surface area contributed by atoms with Crippen molar-refractivity contribution in [2.75, 3.05) is 0 Å². The van der Waals surface area contributed by atoms with Crippen LogP contribution in [0.1, 0.15) is 114 Å². The zero-order chi connectivity index (χ0) is 19.0. The van der Waals surface area contributed by atoms with E-state index in [9.17, 15) is 0 Å². The van der Waals surface area contributed by atoms with E-state index in [0.717, 1.165) is 6.42 Å². The van der Waals surface area contributed by atoms with E-state index in [1.165, 1.54) is 107 Å². The molecule has 0 aromatic heterocycles. The molecule has 150 valence electrons. The lowest BCUT2D eigenvalue weighted by atomic mass is 10.00. The zero-order valence-corrected chi connectivity index (χ0v) is 17.9. The van der Waals surface area contributed by atoms with Crippen LogP contribution in [0.25, 0.3) is 5.57 Å². The first-order chi connectivity index (χ1) is 13.4. The third-order valence-corrected chi connectivity index (χ3v) is 5.89. The van der Waals surface area contributed by atoms with Crippen LogP contribution in [0, 0.1) is 0 Å². The second-order valence-corrected chi connectivity index (χ2v) is 8.28. The van der Waals surface area contributed by atoms with Crippen LogP contribution >= 0.6 is 0 Å². The molecular formula is C27H42. The maximum atomic E-state index is 2.45. The van der Waals surface area contributed by atoms with Crippen molar-refractivity contribution in [3.63, 3.8) is 0 Å². The highest BCUT2D eigenvalue weighted by Crippen LogP contribution is 2.30. The first-order valence-corrected chi connectivity index (χ1v) is 11.8. The lowest BCUT2D eigenvalue weighted by Gasteiger charge is -2.06. The van der Waals surface area contributed by atoms with Crippen LogP contribution in [0.4, 0.5) is 0 Å². The summed E-state index contributed by atoms with van der Waals surface area (Å²) in [5, 5.41) is 0. The molecule has 1 aromatic rings. The van der Waals surface area contributed by atoms with Crippen LogP contribution in [0.2, 0.25) is 0 Å². The summed E-state index contributed by atoms with van der Waals surface area (Å²) in [7, 11) is 0. The van der Waals surface area contributed by atoms with Crippen molar-refractivity contribution in [2.24, 2.45) is 0 Å². The zero-order valence-electron chi connectivity index (χ0n) is 17.9. The number of fused-ring (bicyclic) bond motifs is 1. The first-order valence-electron chi connectivity index (χ1n) is 11.8. The summed E-state index contributed by atoms with van der Waals surface area (Å²) in [5.41, 5.74) is 4.64. The molecule has 0 spiro atoms. The minimum absolute atomic E-state index is 1.15. The van der Waals surface area contributed by atoms with E-state index < -0.39 is 0 Å². The van der Waals surface area contributed by atoms with Gasteiger partial charge in [0.2, 0.25) is 0 Å². The van der Waals surface area contributed by atoms with Gasteiger partial charge in [0, 0.05) is 0 Å². The molecule has 0 aliphatic heterocycles. The van der Waals surface area contributed by atoms with Gasteiger partial charge in [-0.15, -0.1) is 0 Å². The lowest BCUT2D eigenvalue weighted by Crippen LogP contribution is -1.85. The minimum Gasteiger partial charge on any atom is -0.0885 e. The van der Waals surface area contributed by atoms with E-state index in [1.807, 2.05) is 0 Å². The van der Waals surface area contributed by atoms with Crippen molar-refractivity contribution in [1.29, 1.82) is 0 Å². The molecule has 27 heavy (non-hydrogen) atoms. The lowest BCUT2D eigenvalue weighted by molar-refractivity contribution is 0.600. The second kappa shape index (κ2) is 14.7. The van der Waals surface area contributed by atoms with E-state index >= 15 is 0 Å². The maximum absolute atomic E-state index is 2.45. The van der Waals surface area contributed by atoms with Crippen LogP contribution in [0.5, 0.6) is 0 Å². The summed E-state index contributed by atoms with van der Waals surface area (Å²) in [6.07, 6.45) is 29.1. The molecular weight excluding hydrogens is 324 g/mol. The van der Waals surface area contributed by atoms with Crippen LogP contribution < -0.4 is 0 Å². The molecule has 1 aliphatic rings. The Hall–Kier alpha value is -1.30. The maximum Gasteiger partial charge on any atom is -0.00854 e. The second-order valence-electron chi connectivity index (χ2n) is 8.28. The molecule has 1 aromatic carbocycles. The van der Waals surface area contributed by atoms with E-state index in [4.69, 9.17) is 0 Å². The normalized spacial score (nSPS) is 13.3. The smallest absolute Gasteiger partial charge is 0.00854 e. The molecule has 1 aliphatic carbocycles. The summed E-state index contributed by atoms with van der Waals surface area (Å²) >= 11 is 0. The Balaban J connectivity index is 1.35. The van der Waals surface area contributed by atoms with E-state index in [2.05, 4.69) is 49.4 Å². The van der Waals surface area contributed by atoms with Crippen molar-refractivity contribution >= 4 is 5.57 Å². The van der Waals surface area contributed by atoms with Gasteiger partial charge in [-0.2, -0.15) is 0 Å². The molecule has 0 N–H and O–H groups in total. The Kier molecular flexibility index (Phi) is 12.0. The summed E-state index contributed by atoms with van der Waals surface area (Å²) in [6.45, 7) is 2.29. The number of hydrogen-bond acceptors (Lipinski definition) is 0. The average molecular weight is 367 g/mol. The summed E-state index contributed by atoms with van der Waals surface area (Å²) < 4.78 is 0. The quantitative estimate of drug-likeness (QED) is 0.202. The number of rotatable bonds is 16. The molecule has 0 nitrogen and oxygen atoms in total. The molecule has 0 atom stereocenters.